The normalized spacial score (nSPS) is 10.2. The highest BCUT2D eigenvalue weighted by Crippen LogP contribution is 2.12. The van der Waals surface area contributed by atoms with Crippen LogP contribution in [-0.2, 0) is 6.42 Å². The molecule has 3 N–H and O–H groups in total. The molecule has 0 heterocycles. The Bertz CT molecular complexity index is 304. The molecule has 0 saturated heterocycles. The second-order valence-electron chi connectivity index (χ2n) is 3.78. The van der Waals surface area contributed by atoms with Gasteiger partial charge in [0.15, 0.2) is 0 Å². The first-order chi connectivity index (χ1) is 6.58. The Balaban J connectivity index is 2.63. The number of benzene rings is 1. The van der Waals surface area contributed by atoms with E-state index in [4.69, 9.17) is 5.73 Å². The lowest BCUT2D eigenvalue weighted by Crippen LogP contribution is -2.19. The zero-order valence-corrected chi connectivity index (χ0v) is 8.58. The maximum atomic E-state index is 10.5. The molecule has 0 unspecified atom stereocenters. The van der Waals surface area contributed by atoms with Crippen molar-refractivity contribution in [2.75, 3.05) is 5.32 Å². The number of primary amides is 1. The Morgan fingerprint density at radius 1 is 1.36 bits per heavy atom. The number of urea groups is 1. The van der Waals surface area contributed by atoms with E-state index in [0.29, 0.717) is 5.92 Å². The van der Waals surface area contributed by atoms with E-state index in [1.54, 1.807) is 0 Å². The van der Waals surface area contributed by atoms with Gasteiger partial charge >= 0.3 is 6.03 Å². The molecular formula is C11H16N2O. The molecule has 2 amide bonds. The molecule has 0 spiro atoms. The van der Waals surface area contributed by atoms with Gasteiger partial charge in [0.25, 0.3) is 0 Å². The van der Waals surface area contributed by atoms with E-state index >= 15 is 0 Å². The molecule has 0 aliphatic heterocycles. The monoisotopic (exact) mass is 192 g/mol. The Morgan fingerprint density at radius 2 is 1.93 bits per heavy atom. The second kappa shape index (κ2) is 4.65. The van der Waals surface area contributed by atoms with Crippen molar-refractivity contribution in [1.82, 2.24) is 0 Å². The van der Waals surface area contributed by atoms with Gasteiger partial charge in [-0.3, -0.25) is 0 Å². The summed E-state index contributed by atoms with van der Waals surface area (Å²) >= 11 is 0. The van der Waals surface area contributed by atoms with Gasteiger partial charge in [0.05, 0.1) is 0 Å². The van der Waals surface area contributed by atoms with Gasteiger partial charge in [0.1, 0.15) is 0 Å². The van der Waals surface area contributed by atoms with Crippen molar-refractivity contribution in [3.63, 3.8) is 0 Å². The van der Waals surface area contributed by atoms with Crippen molar-refractivity contribution >= 4 is 11.7 Å². The summed E-state index contributed by atoms with van der Waals surface area (Å²) in [6.07, 6.45) is 1.05. The smallest absolute Gasteiger partial charge is 0.316 e. The number of rotatable bonds is 3. The highest BCUT2D eigenvalue weighted by molar-refractivity contribution is 5.87. The van der Waals surface area contributed by atoms with Crippen LogP contribution in [0.3, 0.4) is 0 Å². The average Bonchev–Trinajstić information content (AvgIpc) is 2.06. The summed E-state index contributed by atoms with van der Waals surface area (Å²) in [6.45, 7) is 4.35. The minimum absolute atomic E-state index is 0.526. The minimum atomic E-state index is -0.526. The molecule has 0 radical (unpaired) electrons. The lowest BCUT2D eigenvalue weighted by molar-refractivity contribution is 0.259. The Labute approximate surface area is 84.3 Å². The molecule has 0 bridgehead atoms. The highest BCUT2D eigenvalue weighted by Gasteiger charge is 1.98. The van der Waals surface area contributed by atoms with Gasteiger partial charge in [-0.05, 0) is 30.0 Å². The largest absolute Gasteiger partial charge is 0.351 e. The molecule has 1 aromatic rings. The fourth-order valence-electron chi connectivity index (χ4n) is 1.34. The van der Waals surface area contributed by atoms with Crippen molar-refractivity contribution in [2.24, 2.45) is 11.7 Å². The SMILES string of the molecule is CC(C)Cc1ccc(NC(N)=O)cc1. The van der Waals surface area contributed by atoms with Crippen LogP contribution >= 0.6 is 0 Å². The van der Waals surface area contributed by atoms with E-state index in [9.17, 15) is 4.79 Å². The van der Waals surface area contributed by atoms with Crippen LogP contribution in [0.25, 0.3) is 0 Å². The summed E-state index contributed by atoms with van der Waals surface area (Å²) < 4.78 is 0. The molecular weight excluding hydrogens is 176 g/mol. The molecule has 14 heavy (non-hydrogen) atoms. The fourth-order valence-corrected chi connectivity index (χ4v) is 1.34. The van der Waals surface area contributed by atoms with Crippen LogP contribution in [0.4, 0.5) is 10.5 Å². The highest BCUT2D eigenvalue weighted by atomic mass is 16.2. The Morgan fingerprint density at radius 3 is 2.36 bits per heavy atom. The first-order valence-electron chi connectivity index (χ1n) is 4.73. The van der Waals surface area contributed by atoms with E-state index in [-0.39, 0.29) is 0 Å². The summed E-state index contributed by atoms with van der Waals surface area (Å²) in [7, 11) is 0. The van der Waals surface area contributed by atoms with Gasteiger partial charge < -0.3 is 11.1 Å². The molecule has 0 atom stereocenters. The van der Waals surface area contributed by atoms with E-state index in [1.807, 2.05) is 24.3 Å². The number of anilines is 1. The third-order valence-corrected chi connectivity index (χ3v) is 1.87. The fraction of sp³-hybridized carbons (Fsp3) is 0.364. The summed E-state index contributed by atoms with van der Waals surface area (Å²) in [6, 6.07) is 7.21. The molecule has 0 aromatic heterocycles. The predicted molar refractivity (Wildman–Crippen MR) is 58.2 cm³/mol. The first-order valence-corrected chi connectivity index (χ1v) is 4.73. The average molecular weight is 192 g/mol. The van der Waals surface area contributed by atoms with Gasteiger partial charge in [-0.1, -0.05) is 26.0 Å². The lowest BCUT2D eigenvalue weighted by atomic mass is 10.0. The molecule has 1 aromatic carbocycles. The van der Waals surface area contributed by atoms with Crippen molar-refractivity contribution in [3.8, 4) is 0 Å². The van der Waals surface area contributed by atoms with Gasteiger partial charge in [-0.2, -0.15) is 0 Å². The van der Waals surface area contributed by atoms with E-state index < -0.39 is 6.03 Å². The zero-order chi connectivity index (χ0) is 10.6. The van der Waals surface area contributed by atoms with Gasteiger partial charge in [-0.15, -0.1) is 0 Å². The van der Waals surface area contributed by atoms with Crippen LogP contribution in [0, 0.1) is 5.92 Å². The maximum absolute atomic E-state index is 10.5. The van der Waals surface area contributed by atoms with Crippen LogP contribution < -0.4 is 11.1 Å². The second-order valence-corrected chi connectivity index (χ2v) is 3.78. The lowest BCUT2D eigenvalue weighted by Gasteiger charge is -2.06. The first kappa shape index (κ1) is 10.6. The third-order valence-electron chi connectivity index (χ3n) is 1.87. The molecule has 76 valence electrons. The van der Waals surface area contributed by atoms with Crippen LogP contribution in [0.1, 0.15) is 19.4 Å². The van der Waals surface area contributed by atoms with Gasteiger partial charge in [0.2, 0.25) is 0 Å². The molecule has 0 fully saturated rings. The summed E-state index contributed by atoms with van der Waals surface area (Å²) in [5.74, 6) is 0.643. The summed E-state index contributed by atoms with van der Waals surface area (Å²) in [5, 5.41) is 2.52. The van der Waals surface area contributed by atoms with E-state index in [2.05, 4.69) is 19.2 Å². The van der Waals surface area contributed by atoms with E-state index in [0.717, 1.165) is 12.1 Å². The summed E-state index contributed by atoms with van der Waals surface area (Å²) in [4.78, 5) is 10.5. The van der Waals surface area contributed by atoms with Crippen molar-refractivity contribution < 1.29 is 4.79 Å². The molecule has 1 rings (SSSR count). The minimum Gasteiger partial charge on any atom is -0.351 e. The third kappa shape index (κ3) is 3.47. The van der Waals surface area contributed by atoms with Gasteiger partial charge in [-0.25, -0.2) is 4.79 Å². The number of nitrogens with one attached hydrogen (secondary N) is 1. The maximum Gasteiger partial charge on any atom is 0.316 e. The number of carbonyl (C=O) groups excluding carboxylic acids is 1. The molecule has 3 nitrogen and oxygen atoms in total. The number of amides is 2. The molecule has 0 aliphatic carbocycles. The topological polar surface area (TPSA) is 55.1 Å². The molecule has 0 saturated carbocycles. The van der Waals surface area contributed by atoms with Crippen molar-refractivity contribution in [3.05, 3.63) is 29.8 Å². The zero-order valence-electron chi connectivity index (χ0n) is 8.58. The van der Waals surface area contributed by atoms with Crippen molar-refractivity contribution in [2.45, 2.75) is 20.3 Å². The Kier molecular flexibility index (Phi) is 3.51. The number of hydrogen-bond acceptors (Lipinski definition) is 1. The quantitative estimate of drug-likeness (QED) is 0.759. The van der Waals surface area contributed by atoms with Crippen LogP contribution in [-0.4, -0.2) is 6.03 Å². The molecule has 3 heteroatoms. The summed E-state index contributed by atoms with van der Waals surface area (Å²) in [5.41, 5.74) is 7.01. The number of nitrogens with two attached hydrogens (primary N) is 1. The van der Waals surface area contributed by atoms with Crippen LogP contribution in [0.5, 0.6) is 0 Å². The van der Waals surface area contributed by atoms with Crippen molar-refractivity contribution in [1.29, 1.82) is 0 Å². The van der Waals surface area contributed by atoms with Crippen LogP contribution in [0.15, 0.2) is 24.3 Å². The molecule has 0 aliphatic rings. The standard InChI is InChI=1S/C11H16N2O/c1-8(2)7-9-3-5-10(6-4-9)13-11(12)14/h3-6,8H,7H2,1-2H3,(H3,12,13,14). The number of hydrogen-bond donors (Lipinski definition) is 2. The van der Waals surface area contributed by atoms with Gasteiger partial charge in [0, 0.05) is 5.69 Å². The predicted octanol–water partition coefficient (Wildman–Crippen LogP) is 2.38. The van der Waals surface area contributed by atoms with E-state index in [1.165, 1.54) is 5.56 Å². The number of carbonyl (C=O) groups is 1. The Hall–Kier alpha value is -1.51. The van der Waals surface area contributed by atoms with Crippen LogP contribution in [0.2, 0.25) is 0 Å².